The zero-order valence-corrected chi connectivity index (χ0v) is 17.8. The molecule has 2 aromatic heterocycles. The van der Waals surface area contributed by atoms with Gasteiger partial charge in [0.25, 0.3) is 0 Å². The van der Waals surface area contributed by atoms with Crippen LogP contribution in [0.1, 0.15) is 12.5 Å². The third-order valence-corrected chi connectivity index (χ3v) is 5.32. The molecule has 5 rings (SSSR count). The molecular weight excluding hydrogens is 404 g/mol. The van der Waals surface area contributed by atoms with Crippen LogP contribution in [0.25, 0.3) is 11.0 Å². The topological polar surface area (TPSA) is 94.0 Å². The molecule has 1 saturated heterocycles. The number of pyridine rings is 1. The highest BCUT2D eigenvalue weighted by atomic mass is 16.5. The second kappa shape index (κ2) is 8.64. The van der Waals surface area contributed by atoms with E-state index >= 15 is 0 Å². The summed E-state index contributed by atoms with van der Waals surface area (Å²) in [5.41, 5.74) is 4.68. The Bertz CT molecular complexity index is 1220. The van der Waals surface area contributed by atoms with E-state index in [0.717, 1.165) is 60.1 Å². The van der Waals surface area contributed by atoms with Gasteiger partial charge in [0.1, 0.15) is 17.5 Å². The van der Waals surface area contributed by atoms with E-state index in [1.54, 1.807) is 17.6 Å². The number of hydrazone groups is 1. The first-order chi connectivity index (χ1) is 15.7. The maximum Gasteiger partial charge on any atom is 0.149 e. The summed E-state index contributed by atoms with van der Waals surface area (Å²) < 4.78 is 5.43. The first-order valence-electron chi connectivity index (χ1n) is 10.5. The van der Waals surface area contributed by atoms with Gasteiger partial charge in [-0.2, -0.15) is 10.1 Å². The maximum absolute atomic E-state index is 5.43. The van der Waals surface area contributed by atoms with Gasteiger partial charge in [-0.05, 0) is 31.2 Å². The van der Waals surface area contributed by atoms with Crippen LogP contribution in [0.4, 0.5) is 11.5 Å². The maximum atomic E-state index is 5.43. The molecule has 0 spiro atoms. The Hall–Kier alpha value is -3.98. The molecule has 0 saturated carbocycles. The number of anilines is 2. The highest BCUT2D eigenvalue weighted by Crippen LogP contribution is 2.25. The van der Waals surface area contributed by atoms with Gasteiger partial charge in [-0.3, -0.25) is 0 Å². The van der Waals surface area contributed by atoms with Gasteiger partial charge in [-0.15, -0.1) is 0 Å². The van der Waals surface area contributed by atoms with Crippen LogP contribution >= 0.6 is 0 Å². The number of aromatic nitrogens is 3. The smallest absolute Gasteiger partial charge is 0.149 e. The normalized spacial score (nSPS) is 17.1. The molecule has 2 aliphatic rings. The molecule has 32 heavy (non-hydrogen) atoms. The van der Waals surface area contributed by atoms with Crippen molar-refractivity contribution < 1.29 is 4.74 Å². The van der Waals surface area contributed by atoms with E-state index in [0.29, 0.717) is 11.6 Å². The lowest BCUT2D eigenvalue weighted by molar-refractivity contribution is 0.122. The zero-order chi connectivity index (χ0) is 21.9. The number of H-pyrrole nitrogens is 1. The van der Waals surface area contributed by atoms with Crippen molar-refractivity contribution in [3.8, 4) is 0 Å². The largest absolute Gasteiger partial charge is 0.378 e. The van der Waals surface area contributed by atoms with Crippen molar-refractivity contribution in [1.29, 1.82) is 0 Å². The molecule has 0 aliphatic carbocycles. The van der Waals surface area contributed by atoms with Crippen molar-refractivity contribution in [3.63, 3.8) is 0 Å². The molecule has 0 radical (unpaired) electrons. The van der Waals surface area contributed by atoms with Crippen molar-refractivity contribution in [2.45, 2.75) is 6.92 Å². The number of hydrogen-bond acceptors (Lipinski definition) is 8. The van der Waals surface area contributed by atoms with Crippen molar-refractivity contribution in [1.82, 2.24) is 20.0 Å². The Morgan fingerprint density at radius 1 is 1.19 bits per heavy atom. The Morgan fingerprint density at radius 3 is 2.84 bits per heavy atom. The molecular formula is C23H24N8O. The SMILES string of the molecule is C=C1N=C(c2ccc3nc[nH]c3c2)C=C(Nc2ccc(N3CCOCC3)cn2)N1/N=C\C. The highest BCUT2D eigenvalue weighted by molar-refractivity contribution is 6.11. The van der Waals surface area contributed by atoms with Crippen LogP contribution < -0.4 is 10.2 Å². The summed E-state index contributed by atoms with van der Waals surface area (Å²) in [6.45, 7) is 9.18. The number of aromatic amines is 1. The van der Waals surface area contributed by atoms with Crippen LogP contribution in [0.15, 0.2) is 77.2 Å². The lowest BCUT2D eigenvalue weighted by Gasteiger charge is -2.29. The predicted octanol–water partition coefficient (Wildman–Crippen LogP) is 3.33. The lowest BCUT2D eigenvalue weighted by atomic mass is 10.1. The zero-order valence-electron chi connectivity index (χ0n) is 17.8. The summed E-state index contributed by atoms with van der Waals surface area (Å²) in [5, 5.41) is 9.44. The second-order valence-corrected chi connectivity index (χ2v) is 7.39. The van der Waals surface area contributed by atoms with Gasteiger partial charge in [0.05, 0.1) is 48.2 Å². The Labute approximate surface area is 185 Å². The van der Waals surface area contributed by atoms with E-state index in [-0.39, 0.29) is 0 Å². The molecule has 0 atom stereocenters. The van der Waals surface area contributed by atoms with Crippen molar-refractivity contribution in [3.05, 3.63) is 72.7 Å². The fourth-order valence-electron chi connectivity index (χ4n) is 3.72. The number of hydrogen-bond donors (Lipinski definition) is 2. The summed E-state index contributed by atoms with van der Waals surface area (Å²) in [4.78, 5) is 19.0. The number of morpholine rings is 1. The van der Waals surface area contributed by atoms with Crippen LogP contribution in [0.2, 0.25) is 0 Å². The quantitative estimate of drug-likeness (QED) is 0.606. The van der Waals surface area contributed by atoms with Gasteiger partial charge in [-0.1, -0.05) is 12.6 Å². The molecule has 2 aliphatic heterocycles. The third kappa shape index (κ3) is 3.97. The van der Waals surface area contributed by atoms with Gasteiger partial charge in [0.2, 0.25) is 0 Å². The number of ether oxygens (including phenoxy) is 1. The molecule has 2 N–H and O–H groups in total. The number of aliphatic imine (C=N–C) groups is 1. The minimum absolute atomic E-state index is 0.512. The minimum atomic E-state index is 0.512. The Balaban J connectivity index is 1.42. The van der Waals surface area contributed by atoms with Gasteiger partial charge >= 0.3 is 0 Å². The molecule has 0 amide bonds. The second-order valence-electron chi connectivity index (χ2n) is 7.39. The van der Waals surface area contributed by atoms with Crippen LogP contribution in [0.5, 0.6) is 0 Å². The summed E-state index contributed by atoms with van der Waals surface area (Å²) >= 11 is 0. The van der Waals surface area contributed by atoms with Gasteiger partial charge in [0, 0.05) is 30.9 Å². The standard InChI is InChI=1S/C23H24N8O/c1-3-27-31-16(2)28-20(17-4-6-19-21(12-17)26-15-25-19)13-23(31)29-22-7-5-18(14-24-22)30-8-10-32-11-9-30/h3-7,12-15H,2,8-11H2,1H3,(H,24,29)(H,25,26)/b27-3-. The number of fused-ring (bicyclic) bond motifs is 1. The third-order valence-electron chi connectivity index (χ3n) is 5.32. The van der Waals surface area contributed by atoms with E-state index in [9.17, 15) is 0 Å². The molecule has 1 fully saturated rings. The van der Waals surface area contributed by atoms with Gasteiger partial charge < -0.3 is 19.9 Å². The number of allylic oxidation sites excluding steroid dienone is 1. The molecule has 0 unspecified atom stereocenters. The van der Waals surface area contributed by atoms with E-state index in [4.69, 9.17) is 4.74 Å². The number of nitrogens with one attached hydrogen (secondary N) is 2. The van der Waals surface area contributed by atoms with Crippen molar-refractivity contribution in [2.24, 2.45) is 10.1 Å². The number of rotatable bonds is 5. The summed E-state index contributed by atoms with van der Waals surface area (Å²) in [6.07, 6.45) is 7.20. The Morgan fingerprint density at radius 2 is 2.06 bits per heavy atom. The van der Waals surface area contributed by atoms with E-state index in [1.165, 1.54) is 0 Å². The first kappa shape index (κ1) is 20.0. The van der Waals surface area contributed by atoms with Crippen LogP contribution in [0, 0.1) is 0 Å². The van der Waals surface area contributed by atoms with Crippen LogP contribution in [-0.2, 0) is 4.74 Å². The molecule has 162 valence electrons. The number of imidazole rings is 1. The molecule has 3 aromatic rings. The molecule has 4 heterocycles. The average molecular weight is 429 g/mol. The van der Waals surface area contributed by atoms with Crippen LogP contribution in [0.3, 0.4) is 0 Å². The average Bonchev–Trinajstić information content (AvgIpc) is 3.30. The lowest BCUT2D eigenvalue weighted by Crippen LogP contribution is -2.36. The first-order valence-corrected chi connectivity index (χ1v) is 10.5. The van der Waals surface area contributed by atoms with E-state index in [1.807, 2.05) is 43.5 Å². The summed E-state index contributed by atoms with van der Waals surface area (Å²) in [6, 6.07) is 10.0. The molecule has 9 nitrogen and oxygen atoms in total. The fraction of sp³-hybridized carbons (Fsp3) is 0.217. The van der Waals surface area contributed by atoms with E-state index in [2.05, 4.69) is 47.9 Å². The van der Waals surface area contributed by atoms with E-state index < -0.39 is 0 Å². The minimum Gasteiger partial charge on any atom is -0.378 e. The fourth-order valence-corrected chi connectivity index (χ4v) is 3.72. The van der Waals surface area contributed by atoms with Gasteiger partial charge in [0.15, 0.2) is 0 Å². The molecule has 0 bridgehead atoms. The van der Waals surface area contributed by atoms with Crippen molar-refractivity contribution in [2.75, 3.05) is 36.5 Å². The monoisotopic (exact) mass is 428 g/mol. The van der Waals surface area contributed by atoms with Crippen LogP contribution in [-0.4, -0.2) is 58.2 Å². The highest BCUT2D eigenvalue weighted by Gasteiger charge is 2.20. The molecule has 1 aromatic carbocycles. The summed E-state index contributed by atoms with van der Waals surface area (Å²) in [7, 11) is 0. The van der Waals surface area contributed by atoms with Gasteiger partial charge in [-0.25, -0.2) is 15.0 Å². The predicted molar refractivity (Wildman–Crippen MR) is 127 cm³/mol. The Kier molecular flexibility index (Phi) is 5.39. The molecule has 9 heteroatoms. The number of benzene rings is 1. The number of nitrogens with zero attached hydrogens (tertiary/aromatic N) is 6. The van der Waals surface area contributed by atoms with Crippen molar-refractivity contribution >= 4 is 34.5 Å². The summed E-state index contributed by atoms with van der Waals surface area (Å²) in [5.74, 6) is 1.94.